The summed E-state index contributed by atoms with van der Waals surface area (Å²) in [6.45, 7) is 4.98. The third-order valence-corrected chi connectivity index (χ3v) is 4.59. The lowest BCUT2D eigenvalue weighted by molar-refractivity contribution is 0.0758. The predicted octanol–water partition coefficient (Wildman–Crippen LogP) is 4.05. The molecule has 0 saturated carbocycles. The number of nitrogens with zero attached hydrogens (tertiary/aromatic N) is 4. The van der Waals surface area contributed by atoms with Gasteiger partial charge in [0.1, 0.15) is 5.69 Å². The molecular formula is C18H18Cl2N4O. The number of halogens is 2. The molecule has 3 heterocycles. The molecule has 0 aliphatic rings. The first-order valence-electron chi connectivity index (χ1n) is 8.03. The maximum Gasteiger partial charge on any atom is 0.272 e. The molecule has 0 radical (unpaired) electrons. The largest absolute Gasteiger partial charge is 0.337 e. The minimum absolute atomic E-state index is 0.0834. The van der Waals surface area contributed by atoms with Gasteiger partial charge in [0.2, 0.25) is 0 Å². The Morgan fingerprint density at radius 2 is 2.00 bits per heavy atom. The van der Waals surface area contributed by atoms with Gasteiger partial charge in [-0.05, 0) is 44.0 Å². The number of hydrogen-bond acceptors (Lipinski definition) is 3. The number of amides is 1. The lowest BCUT2D eigenvalue weighted by atomic mass is 10.2. The van der Waals surface area contributed by atoms with Crippen LogP contribution in [0.3, 0.4) is 0 Å². The van der Waals surface area contributed by atoms with Crippen LogP contribution in [0.25, 0.3) is 5.65 Å². The van der Waals surface area contributed by atoms with E-state index in [0.29, 0.717) is 40.2 Å². The predicted molar refractivity (Wildman–Crippen MR) is 99.5 cm³/mol. The van der Waals surface area contributed by atoms with E-state index in [2.05, 4.69) is 9.97 Å². The van der Waals surface area contributed by atoms with Crippen LogP contribution in [0.5, 0.6) is 0 Å². The van der Waals surface area contributed by atoms with Gasteiger partial charge < -0.3 is 4.90 Å². The quantitative estimate of drug-likeness (QED) is 0.674. The SMILES string of the molecule is CCN(CCc1ccncc1)C(=O)c1c(C)nc2c(Cl)cc(Cl)cn12. The smallest absolute Gasteiger partial charge is 0.272 e. The van der Waals surface area contributed by atoms with Crippen LogP contribution in [0.15, 0.2) is 36.8 Å². The number of pyridine rings is 2. The Balaban J connectivity index is 1.90. The van der Waals surface area contributed by atoms with Crippen LogP contribution in [-0.2, 0) is 6.42 Å². The Labute approximate surface area is 156 Å². The monoisotopic (exact) mass is 376 g/mol. The minimum atomic E-state index is -0.0834. The van der Waals surface area contributed by atoms with Crippen molar-refractivity contribution in [1.82, 2.24) is 19.3 Å². The molecule has 3 aromatic rings. The van der Waals surface area contributed by atoms with Gasteiger partial charge in [-0.3, -0.25) is 14.2 Å². The zero-order chi connectivity index (χ0) is 18.0. The molecule has 0 bridgehead atoms. The average Bonchev–Trinajstić information content (AvgIpc) is 2.92. The van der Waals surface area contributed by atoms with Crippen molar-refractivity contribution in [3.05, 3.63) is 63.8 Å². The second-order valence-electron chi connectivity index (χ2n) is 5.74. The van der Waals surface area contributed by atoms with Crippen molar-refractivity contribution in [3.63, 3.8) is 0 Å². The van der Waals surface area contributed by atoms with Crippen LogP contribution in [0.1, 0.15) is 28.7 Å². The van der Waals surface area contributed by atoms with Crippen molar-refractivity contribution < 1.29 is 4.79 Å². The van der Waals surface area contributed by atoms with E-state index in [-0.39, 0.29) is 5.91 Å². The van der Waals surface area contributed by atoms with E-state index in [1.807, 2.05) is 19.1 Å². The van der Waals surface area contributed by atoms with E-state index in [1.54, 1.807) is 40.9 Å². The van der Waals surface area contributed by atoms with Gasteiger partial charge in [0.05, 0.1) is 15.7 Å². The van der Waals surface area contributed by atoms with E-state index in [9.17, 15) is 4.79 Å². The Hall–Kier alpha value is -2.11. The fraction of sp³-hybridized carbons (Fsp3) is 0.278. The summed E-state index contributed by atoms with van der Waals surface area (Å²) < 4.78 is 1.68. The van der Waals surface area contributed by atoms with Crippen molar-refractivity contribution in [2.45, 2.75) is 20.3 Å². The van der Waals surface area contributed by atoms with E-state index >= 15 is 0 Å². The van der Waals surface area contributed by atoms with Crippen LogP contribution in [0, 0.1) is 6.92 Å². The van der Waals surface area contributed by atoms with Crippen LogP contribution in [0.2, 0.25) is 10.0 Å². The fourth-order valence-electron chi connectivity index (χ4n) is 2.81. The van der Waals surface area contributed by atoms with Gasteiger partial charge >= 0.3 is 0 Å². The molecule has 3 rings (SSSR count). The Morgan fingerprint density at radius 1 is 1.28 bits per heavy atom. The maximum absolute atomic E-state index is 13.1. The van der Waals surface area contributed by atoms with E-state index in [0.717, 1.165) is 12.0 Å². The number of likely N-dealkylation sites (N-methyl/N-ethyl adjacent to an activating group) is 1. The molecule has 0 atom stereocenters. The van der Waals surface area contributed by atoms with Crippen molar-refractivity contribution >= 4 is 34.8 Å². The summed E-state index contributed by atoms with van der Waals surface area (Å²) in [7, 11) is 0. The molecule has 0 unspecified atom stereocenters. The summed E-state index contributed by atoms with van der Waals surface area (Å²) in [5.74, 6) is -0.0834. The lowest BCUT2D eigenvalue weighted by Gasteiger charge is -2.21. The summed E-state index contributed by atoms with van der Waals surface area (Å²) in [6.07, 6.45) is 5.95. The maximum atomic E-state index is 13.1. The van der Waals surface area contributed by atoms with Gasteiger partial charge in [-0.15, -0.1) is 0 Å². The lowest BCUT2D eigenvalue weighted by Crippen LogP contribution is -2.34. The molecule has 5 nitrogen and oxygen atoms in total. The van der Waals surface area contributed by atoms with Gasteiger partial charge in [0, 0.05) is 31.7 Å². The molecule has 0 N–H and O–H groups in total. The zero-order valence-electron chi connectivity index (χ0n) is 14.0. The number of carbonyl (C=O) groups excluding carboxylic acids is 1. The molecule has 0 saturated heterocycles. The Kier molecular flexibility index (Phi) is 5.25. The molecular weight excluding hydrogens is 359 g/mol. The van der Waals surface area contributed by atoms with E-state index in [1.165, 1.54) is 0 Å². The third-order valence-electron chi connectivity index (χ3n) is 4.11. The molecule has 0 aliphatic carbocycles. The molecule has 0 aromatic carbocycles. The molecule has 3 aromatic heterocycles. The highest BCUT2D eigenvalue weighted by atomic mass is 35.5. The second-order valence-corrected chi connectivity index (χ2v) is 6.58. The first-order chi connectivity index (χ1) is 12.0. The van der Waals surface area contributed by atoms with Crippen molar-refractivity contribution in [2.75, 3.05) is 13.1 Å². The zero-order valence-corrected chi connectivity index (χ0v) is 15.6. The number of hydrogen-bond donors (Lipinski definition) is 0. The number of aromatic nitrogens is 3. The van der Waals surface area contributed by atoms with Gasteiger partial charge in [0.15, 0.2) is 5.65 Å². The first kappa shape index (κ1) is 17.7. The van der Waals surface area contributed by atoms with Crippen molar-refractivity contribution in [3.8, 4) is 0 Å². The van der Waals surface area contributed by atoms with Gasteiger partial charge in [-0.1, -0.05) is 23.2 Å². The Bertz CT molecular complexity index is 908. The number of carbonyl (C=O) groups is 1. The number of fused-ring (bicyclic) bond motifs is 1. The van der Waals surface area contributed by atoms with Crippen LogP contribution in [0.4, 0.5) is 0 Å². The van der Waals surface area contributed by atoms with Crippen LogP contribution < -0.4 is 0 Å². The Morgan fingerprint density at radius 3 is 2.68 bits per heavy atom. The fourth-order valence-corrected chi connectivity index (χ4v) is 3.32. The standard InChI is InChI=1S/C18H18Cl2N4O/c1-3-23(9-6-13-4-7-21-8-5-13)18(25)16-12(2)22-17-15(20)10-14(19)11-24(16)17/h4-5,7-8,10-11H,3,6,9H2,1-2H3. The van der Waals surface area contributed by atoms with E-state index in [4.69, 9.17) is 23.2 Å². The molecule has 0 fully saturated rings. The highest BCUT2D eigenvalue weighted by molar-refractivity contribution is 6.36. The van der Waals surface area contributed by atoms with Crippen molar-refractivity contribution in [2.24, 2.45) is 0 Å². The molecule has 0 spiro atoms. The summed E-state index contributed by atoms with van der Waals surface area (Å²) in [5.41, 5.74) is 2.81. The number of aryl methyl sites for hydroxylation is 1. The summed E-state index contributed by atoms with van der Waals surface area (Å²) >= 11 is 12.3. The highest BCUT2D eigenvalue weighted by Crippen LogP contribution is 2.25. The summed E-state index contributed by atoms with van der Waals surface area (Å²) in [4.78, 5) is 23.3. The second kappa shape index (κ2) is 7.42. The highest BCUT2D eigenvalue weighted by Gasteiger charge is 2.22. The van der Waals surface area contributed by atoms with Crippen LogP contribution in [-0.4, -0.2) is 38.3 Å². The first-order valence-corrected chi connectivity index (χ1v) is 8.78. The van der Waals surface area contributed by atoms with Gasteiger partial charge in [0.25, 0.3) is 5.91 Å². The normalized spacial score (nSPS) is 11.0. The van der Waals surface area contributed by atoms with E-state index < -0.39 is 0 Å². The number of imidazole rings is 1. The molecule has 1 amide bonds. The van der Waals surface area contributed by atoms with Gasteiger partial charge in [-0.25, -0.2) is 4.98 Å². The molecule has 130 valence electrons. The summed E-state index contributed by atoms with van der Waals surface area (Å²) in [6, 6.07) is 5.54. The molecule has 0 aliphatic heterocycles. The average molecular weight is 377 g/mol. The number of rotatable bonds is 5. The summed E-state index contributed by atoms with van der Waals surface area (Å²) in [5, 5.41) is 0.887. The molecule has 25 heavy (non-hydrogen) atoms. The minimum Gasteiger partial charge on any atom is -0.337 e. The van der Waals surface area contributed by atoms with Crippen LogP contribution >= 0.6 is 23.2 Å². The van der Waals surface area contributed by atoms with Crippen molar-refractivity contribution in [1.29, 1.82) is 0 Å². The topological polar surface area (TPSA) is 50.5 Å². The molecule has 7 heteroatoms. The third kappa shape index (κ3) is 3.62. The van der Waals surface area contributed by atoms with Gasteiger partial charge in [-0.2, -0.15) is 0 Å².